The average molecular weight is 373 g/mol. The highest BCUT2D eigenvalue weighted by molar-refractivity contribution is 7.10. The highest BCUT2D eigenvalue weighted by Crippen LogP contribution is 2.36. The molecule has 26 heavy (non-hydrogen) atoms. The first-order valence-corrected chi connectivity index (χ1v) is 10.4. The second-order valence-electron chi connectivity index (χ2n) is 7.24. The summed E-state index contributed by atoms with van der Waals surface area (Å²) in [5, 5.41) is 2.15. The molecule has 0 bridgehead atoms. The molecule has 2 aliphatic heterocycles. The van der Waals surface area contributed by atoms with Crippen LogP contribution in [-0.4, -0.2) is 35.3 Å². The van der Waals surface area contributed by atoms with Gasteiger partial charge in [-0.1, -0.05) is 19.1 Å². The van der Waals surface area contributed by atoms with Crippen molar-refractivity contribution in [2.45, 2.75) is 44.7 Å². The Morgan fingerprint density at radius 2 is 2.04 bits per heavy atom. The van der Waals surface area contributed by atoms with Crippen LogP contribution in [0, 0.1) is 5.82 Å². The molecule has 0 N–H and O–H groups in total. The molecular formula is C21H25FN2OS. The largest absolute Gasteiger partial charge is 0.334 e. The Morgan fingerprint density at radius 1 is 1.23 bits per heavy atom. The minimum Gasteiger partial charge on any atom is -0.334 e. The first kappa shape index (κ1) is 17.7. The summed E-state index contributed by atoms with van der Waals surface area (Å²) >= 11 is 1.81. The van der Waals surface area contributed by atoms with Crippen molar-refractivity contribution in [3.05, 3.63) is 57.5 Å². The van der Waals surface area contributed by atoms with Gasteiger partial charge in [0.15, 0.2) is 0 Å². The molecule has 3 heterocycles. The average Bonchev–Trinajstić information content (AvgIpc) is 3.30. The Bertz CT molecular complexity index is 773. The first-order valence-electron chi connectivity index (χ1n) is 9.52. The van der Waals surface area contributed by atoms with Crippen molar-refractivity contribution < 1.29 is 9.18 Å². The van der Waals surface area contributed by atoms with Crippen LogP contribution in [0.2, 0.25) is 0 Å². The van der Waals surface area contributed by atoms with Gasteiger partial charge in [-0.05, 0) is 66.9 Å². The molecule has 2 unspecified atom stereocenters. The second kappa shape index (κ2) is 7.49. The van der Waals surface area contributed by atoms with E-state index in [9.17, 15) is 9.18 Å². The zero-order valence-corrected chi connectivity index (χ0v) is 16.0. The van der Waals surface area contributed by atoms with E-state index in [2.05, 4.69) is 28.2 Å². The van der Waals surface area contributed by atoms with Crippen molar-refractivity contribution >= 4 is 17.2 Å². The molecule has 2 atom stereocenters. The van der Waals surface area contributed by atoms with Gasteiger partial charge in [0, 0.05) is 17.5 Å². The minimum absolute atomic E-state index is 0.208. The number of nitrogens with zero attached hydrogens (tertiary/aromatic N) is 2. The van der Waals surface area contributed by atoms with Crippen LogP contribution in [0.3, 0.4) is 0 Å². The summed E-state index contributed by atoms with van der Waals surface area (Å²) in [6, 6.07) is 9.37. The van der Waals surface area contributed by atoms with Gasteiger partial charge in [-0.2, -0.15) is 0 Å². The van der Waals surface area contributed by atoms with Gasteiger partial charge in [0.1, 0.15) is 5.82 Å². The monoisotopic (exact) mass is 372 g/mol. The van der Waals surface area contributed by atoms with Crippen LogP contribution in [0.5, 0.6) is 0 Å². The third kappa shape index (κ3) is 3.30. The summed E-state index contributed by atoms with van der Waals surface area (Å²) < 4.78 is 13.2. The predicted molar refractivity (Wildman–Crippen MR) is 103 cm³/mol. The molecule has 4 rings (SSSR count). The number of carbonyl (C=O) groups is 1. The summed E-state index contributed by atoms with van der Waals surface area (Å²) in [5.41, 5.74) is 2.45. The van der Waals surface area contributed by atoms with E-state index in [1.54, 1.807) is 0 Å². The molecule has 0 radical (unpaired) electrons. The van der Waals surface area contributed by atoms with Crippen LogP contribution in [0.15, 0.2) is 35.7 Å². The van der Waals surface area contributed by atoms with Gasteiger partial charge in [0.2, 0.25) is 5.91 Å². The Kier molecular flexibility index (Phi) is 5.09. The summed E-state index contributed by atoms with van der Waals surface area (Å²) in [7, 11) is 0. The molecule has 2 aliphatic rings. The van der Waals surface area contributed by atoms with Gasteiger partial charge in [0.05, 0.1) is 12.6 Å². The highest BCUT2D eigenvalue weighted by Gasteiger charge is 2.33. The fourth-order valence-electron chi connectivity index (χ4n) is 4.48. The van der Waals surface area contributed by atoms with Gasteiger partial charge < -0.3 is 4.90 Å². The molecule has 3 nitrogen and oxygen atoms in total. The Morgan fingerprint density at radius 3 is 2.81 bits per heavy atom. The summed E-state index contributed by atoms with van der Waals surface area (Å²) in [6.45, 7) is 4.37. The summed E-state index contributed by atoms with van der Waals surface area (Å²) in [6.07, 6.45) is 4.04. The molecule has 0 spiro atoms. The third-order valence-corrected chi connectivity index (χ3v) is 6.76. The van der Waals surface area contributed by atoms with Crippen molar-refractivity contribution in [1.29, 1.82) is 0 Å². The molecule has 1 saturated heterocycles. The van der Waals surface area contributed by atoms with E-state index >= 15 is 0 Å². The molecule has 1 amide bonds. The van der Waals surface area contributed by atoms with E-state index in [0.717, 1.165) is 44.3 Å². The van der Waals surface area contributed by atoms with Crippen molar-refractivity contribution in [2.75, 3.05) is 19.6 Å². The lowest BCUT2D eigenvalue weighted by molar-refractivity contribution is -0.135. The Hall–Kier alpha value is -1.72. The lowest BCUT2D eigenvalue weighted by atomic mass is 9.97. The topological polar surface area (TPSA) is 23.6 Å². The predicted octanol–water partition coefficient (Wildman–Crippen LogP) is 4.56. The number of benzene rings is 1. The molecule has 0 aliphatic carbocycles. The van der Waals surface area contributed by atoms with Crippen LogP contribution in [-0.2, 0) is 11.2 Å². The number of hydrogen-bond donors (Lipinski definition) is 0. The number of amides is 1. The van der Waals surface area contributed by atoms with Crippen molar-refractivity contribution in [2.24, 2.45) is 0 Å². The number of fused-ring (bicyclic) bond motifs is 1. The Balaban J connectivity index is 1.48. The SMILES string of the molecule is CCC1c2ccsc2CCN1C(=O)CN1CCCC1c1ccc(F)cc1. The van der Waals surface area contributed by atoms with Gasteiger partial charge in [-0.15, -0.1) is 11.3 Å². The summed E-state index contributed by atoms with van der Waals surface area (Å²) in [4.78, 5) is 18.9. The molecule has 1 aromatic carbocycles. The quantitative estimate of drug-likeness (QED) is 0.785. The molecule has 0 saturated carbocycles. The standard InChI is InChI=1S/C21H25FN2OS/c1-2-18-17-10-13-26-20(17)9-12-24(18)21(25)14-23-11-3-4-19(23)15-5-7-16(22)8-6-15/h5-8,10,13,18-19H,2-4,9,11-12,14H2,1H3. The smallest absolute Gasteiger partial charge is 0.237 e. The van der Waals surface area contributed by atoms with Crippen LogP contribution >= 0.6 is 11.3 Å². The van der Waals surface area contributed by atoms with E-state index in [1.807, 2.05) is 23.5 Å². The zero-order valence-electron chi connectivity index (χ0n) is 15.2. The first-order chi connectivity index (χ1) is 12.7. The molecular weight excluding hydrogens is 347 g/mol. The summed E-state index contributed by atoms with van der Waals surface area (Å²) in [5.74, 6) is 0.0164. The molecule has 5 heteroatoms. The van der Waals surface area contributed by atoms with E-state index in [1.165, 1.54) is 22.6 Å². The molecule has 2 aromatic rings. The maximum absolute atomic E-state index is 13.2. The van der Waals surface area contributed by atoms with Crippen LogP contribution in [0.25, 0.3) is 0 Å². The molecule has 1 fully saturated rings. The van der Waals surface area contributed by atoms with Crippen LogP contribution < -0.4 is 0 Å². The van der Waals surface area contributed by atoms with Crippen LogP contribution in [0.4, 0.5) is 4.39 Å². The fourth-order valence-corrected chi connectivity index (χ4v) is 5.41. The number of carbonyl (C=O) groups excluding carboxylic acids is 1. The fraction of sp³-hybridized carbons (Fsp3) is 0.476. The van der Waals surface area contributed by atoms with Gasteiger partial charge in [-0.25, -0.2) is 4.39 Å². The van der Waals surface area contributed by atoms with E-state index in [-0.39, 0.29) is 23.8 Å². The van der Waals surface area contributed by atoms with Crippen molar-refractivity contribution in [3.63, 3.8) is 0 Å². The second-order valence-corrected chi connectivity index (χ2v) is 8.24. The van der Waals surface area contributed by atoms with Gasteiger partial charge in [0.25, 0.3) is 0 Å². The third-order valence-electron chi connectivity index (χ3n) is 5.76. The maximum Gasteiger partial charge on any atom is 0.237 e. The maximum atomic E-state index is 13.2. The lowest BCUT2D eigenvalue weighted by Crippen LogP contribution is -2.44. The van der Waals surface area contributed by atoms with Gasteiger partial charge in [-0.3, -0.25) is 9.69 Å². The van der Waals surface area contributed by atoms with Crippen molar-refractivity contribution in [3.8, 4) is 0 Å². The number of likely N-dealkylation sites (tertiary alicyclic amines) is 1. The normalized spacial score (nSPS) is 23.2. The highest BCUT2D eigenvalue weighted by atomic mass is 32.1. The molecule has 1 aromatic heterocycles. The van der Waals surface area contributed by atoms with E-state index in [0.29, 0.717) is 6.54 Å². The number of halogens is 1. The minimum atomic E-state index is -0.208. The number of rotatable bonds is 4. The zero-order chi connectivity index (χ0) is 18.1. The van der Waals surface area contributed by atoms with E-state index < -0.39 is 0 Å². The van der Waals surface area contributed by atoms with Gasteiger partial charge >= 0.3 is 0 Å². The lowest BCUT2D eigenvalue weighted by Gasteiger charge is -2.37. The number of hydrogen-bond acceptors (Lipinski definition) is 3. The number of thiophene rings is 1. The Labute approximate surface area is 158 Å². The van der Waals surface area contributed by atoms with Crippen LogP contribution in [0.1, 0.15) is 54.3 Å². The van der Waals surface area contributed by atoms with Crippen molar-refractivity contribution in [1.82, 2.24) is 9.80 Å². The molecule has 138 valence electrons. The van der Waals surface area contributed by atoms with E-state index in [4.69, 9.17) is 0 Å².